The molecule has 0 saturated carbocycles. The van der Waals surface area contributed by atoms with E-state index in [9.17, 15) is 27.8 Å². The molecular weight excluding hydrogens is 419 g/mol. The van der Waals surface area contributed by atoms with E-state index in [1.54, 1.807) is 26.0 Å². The number of halogens is 3. The van der Waals surface area contributed by atoms with Crippen molar-refractivity contribution in [1.82, 2.24) is 9.79 Å². The molecule has 1 aromatic carbocycles. The second-order valence-corrected chi connectivity index (χ2v) is 9.56. The summed E-state index contributed by atoms with van der Waals surface area (Å²) in [4.78, 5) is 16.5. The van der Waals surface area contributed by atoms with Gasteiger partial charge >= 0.3 is 12.1 Å². The molecule has 1 heterocycles. The Bertz CT molecular complexity index is 835. The minimum Gasteiger partial charge on any atom is -0.595 e. The second-order valence-electron chi connectivity index (χ2n) is 8.23. The molecule has 10 heteroatoms. The van der Waals surface area contributed by atoms with Crippen LogP contribution in [0, 0.1) is 22.7 Å². The summed E-state index contributed by atoms with van der Waals surface area (Å²) < 4.78 is 53.0. The summed E-state index contributed by atoms with van der Waals surface area (Å²) in [6, 6.07) is 6.34. The predicted molar refractivity (Wildman–Crippen MR) is 104 cm³/mol. The zero-order valence-corrected chi connectivity index (χ0v) is 17.6. The maximum atomic E-state index is 13.1. The number of nitriles is 1. The zero-order chi connectivity index (χ0) is 22.1. The molecule has 1 saturated heterocycles. The fourth-order valence-electron chi connectivity index (χ4n) is 4.38. The molecule has 0 aromatic heterocycles. The van der Waals surface area contributed by atoms with Crippen LogP contribution in [0.2, 0.25) is 0 Å². The van der Waals surface area contributed by atoms with Crippen molar-refractivity contribution in [2.75, 3.05) is 18.8 Å². The summed E-state index contributed by atoms with van der Waals surface area (Å²) >= 11 is -2.02. The van der Waals surface area contributed by atoms with E-state index >= 15 is 0 Å². The van der Waals surface area contributed by atoms with Gasteiger partial charge in [0.05, 0.1) is 27.5 Å². The Morgan fingerprint density at radius 2 is 2.10 bits per heavy atom. The fourth-order valence-corrected chi connectivity index (χ4v) is 5.81. The molecule has 30 heavy (non-hydrogen) atoms. The van der Waals surface area contributed by atoms with Crippen LogP contribution in [0.1, 0.15) is 49.4 Å². The van der Waals surface area contributed by atoms with Crippen molar-refractivity contribution in [2.24, 2.45) is 11.3 Å². The highest BCUT2D eigenvalue weighted by Gasteiger charge is 2.57. The quantitative estimate of drug-likeness (QED) is 0.556. The minimum absolute atomic E-state index is 0.0278. The number of carbonyl (C=O) groups excluding carboxylic acids is 1. The van der Waals surface area contributed by atoms with Gasteiger partial charge in [-0.1, -0.05) is 26.0 Å². The van der Waals surface area contributed by atoms with E-state index in [0.717, 1.165) is 10.0 Å². The lowest BCUT2D eigenvalue weighted by atomic mass is 9.73. The van der Waals surface area contributed by atoms with E-state index in [-0.39, 0.29) is 11.7 Å². The number of nitrogens with zero attached hydrogens (tertiary/aromatic N) is 2. The van der Waals surface area contributed by atoms with E-state index in [1.807, 2.05) is 6.07 Å². The molecule has 1 aromatic rings. The van der Waals surface area contributed by atoms with Gasteiger partial charge in [-0.05, 0) is 49.5 Å². The molecule has 0 bridgehead atoms. The monoisotopic (exact) mass is 443 g/mol. The molecule has 6 nitrogen and oxygen atoms in total. The number of rotatable bonds is 5. The Kier molecular flexibility index (Phi) is 6.67. The smallest absolute Gasteiger partial charge is 0.492 e. The largest absolute Gasteiger partial charge is 0.595 e. The van der Waals surface area contributed by atoms with Gasteiger partial charge in [-0.15, -0.1) is 0 Å². The number of carbonyl (C=O) groups is 1. The van der Waals surface area contributed by atoms with E-state index in [4.69, 9.17) is 4.84 Å². The first-order chi connectivity index (χ1) is 14.1. The van der Waals surface area contributed by atoms with Crippen LogP contribution in [-0.2, 0) is 27.4 Å². The molecule has 1 unspecified atom stereocenters. The molecule has 1 spiro atoms. The number of alkyl halides is 3. The average molecular weight is 443 g/mol. The van der Waals surface area contributed by atoms with Crippen LogP contribution in [0.5, 0.6) is 0 Å². The Balaban J connectivity index is 2.12. The maximum Gasteiger partial charge on any atom is 0.492 e. The van der Waals surface area contributed by atoms with Crippen molar-refractivity contribution in [3.05, 3.63) is 34.9 Å². The third-order valence-corrected chi connectivity index (χ3v) is 7.24. The van der Waals surface area contributed by atoms with Crippen molar-refractivity contribution in [3.63, 3.8) is 0 Å². The molecule has 2 aliphatic rings. The summed E-state index contributed by atoms with van der Waals surface area (Å²) in [5, 5.41) is 12.9. The number of nitrogens with one attached hydrogen (secondary N) is 1. The Morgan fingerprint density at radius 1 is 1.43 bits per heavy atom. The normalized spacial score (nSPS) is 21.5. The van der Waals surface area contributed by atoms with E-state index in [1.165, 1.54) is 0 Å². The highest BCUT2D eigenvalue weighted by atomic mass is 32.2. The van der Waals surface area contributed by atoms with Crippen molar-refractivity contribution < 1.29 is 27.4 Å². The molecule has 1 fully saturated rings. The highest BCUT2D eigenvalue weighted by molar-refractivity contribution is 7.88. The second kappa shape index (κ2) is 8.75. The van der Waals surface area contributed by atoms with Gasteiger partial charge in [-0.25, -0.2) is 4.79 Å². The molecule has 0 radical (unpaired) electrons. The van der Waals surface area contributed by atoms with Gasteiger partial charge in [-0.3, -0.25) is 0 Å². The van der Waals surface area contributed by atoms with Gasteiger partial charge in [0.15, 0.2) is 0 Å². The van der Waals surface area contributed by atoms with Crippen LogP contribution in [-0.4, -0.2) is 40.0 Å². The number of hydrogen-bond donors (Lipinski definition) is 1. The molecule has 0 amide bonds. The average Bonchev–Trinajstić information content (AvgIpc) is 2.97. The number of hydroxylamine groups is 1. The standard InChI is InChI=1S/C20H24F3N3O3S/c1-13(2)12-30(28)26(29-18(27)20(21,22)23)17-16-14(4-3-5-15(16)11-24)10-19(17)6-8-25-9-7-19/h3-5,13,17,25H,6-10,12H2,1-2H3/t17-,30?/m1/s1. The number of hydrogen-bond acceptors (Lipinski definition) is 6. The predicted octanol–water partition coefficient (Wildman–Crippen LogP) is 3.17. The van der Waals surface area contributed by atoms with Gasteiger partial charge in [0.1, 0.15) is 11.8 Å². The van der Waals surface area contributed by atoms with E-state index in [0.29, 0.717) is 43.5 Å². The summed E-state index contributed by atoms with van der Waals surface area (Å²) in [5.74, 6) is -2.49. The Morgan fingerprint density at radius 3 is 2.67 bits per heavy atom. The fraction of sp³-hybridized carbons (Fsp3) is 0.600. The van der Waals surface area contributed by atoms with Crippen LogP contribution in [0.4, 0.5) is 13.2 Å². The third-order valence-electron chi connectivity index (χ3n) is 5.60. The van der Waals surface area contributed by atoms with Crippen LogP contribution >= 0.6 is 0 Å². The summed E-state index contributed by atoms with van der Waals surface area (Å²) in [5.41, 5.74) is 1.03. The maximum absolute atomic E-state index is 13.1. The number of piperidine rings is 1. The Labute approximate surface area is 176 Å². The van der Waals surface area contributed by atoms with Gasteiger partial charge in [0, 0.05) is 11.3 Å². The molecule has 3 rings (SSSR count). The van der Waals surface area contributed by atoms with E-state index < -0.39 is 35.0 Å². The summed E-state index contributed by atoms with van der Waals surface area (Å²) in [6.45, 7) is 4.82. The first-order valence-electron chi connectivity index (χ1n) is 9.78. The molecular formula is C20H24F3N3O3S. The Hall–Kier alpha value is -1.80. The van der Waals surface area contributed by atoms with Gasteiger partial charge in [0.2, 0.25) is 0 Å². The summed E-state index contributed by atoms with van der Waals surface area (Å²) in [6.07, 6.45) is -3.52. The van der Waals surface area contributed by atoms with Crippen LogP contribution in [0.15, 0.2) is 18.2 Å². The molecule has 1 aliphatic carbocycles. The third kappa shape index (κ3) is 4.44. The lowest BCUT2D eigenvalue weighted by Crippen LogP contribution is -2.50. The van der Waals surface area contributed by atoms with Gasteiger partial charge in [-0.2, -0.15) is 18.4 Å². The first kappa shape index (κ1) is 22.9. The highest BCUT2D eigenvalue weighted by Crippen LogP contribution is 2.55. The molecule has 1 N–H and O–H groups in total. The number of fused-ring (bicyclic) bond motifs is 1. The first-order valence-corrected chi connectivity index (χ1v) is 11.1. The SMILES string of the molecule is CC(C)C[S+]([O-])N(OC(=O)C(F)(F)F)[C@@H]1c2c(C#N)cccc2CC12CCNCC2. The van der Waals surface area contributed by atoms with Gasteiger partial charge < -0.3 is 14.7 Å². The molecule has 2 atom stereocenters. The van der Waals surface area contributed by atoms with Crippen LogP contribution in [0.3, 0.4) is 0 Å². The van der Waals surface area contributed by atoms with Crippen molar-refractivity contribution >= 4 is 17.3 Å². The lowest BCUT2D eigenvalue weighted by Gasteiger charge is -2.42. The van der Waals surface area contributed by atoms with Crippen LogP contribution in [0.25, 0.3) is 0 Å². The summed E-state index contributed by atoms with van der Waals surface area (Å²) in [7, 11) is 0. The van der Waals surface area contributed by atoms with E-state index in [2.05, 4.69) is 11.4 Å². The number of benzene rings is 1. The van der Waals surface area contributed by atoms with Crippen molar-refractivity contribution in [1.29, 1.82) is 5.26 Å². The zero-order valence-electron chi connectivity index (χ0n) is 16.8. The van der Waals surface area contributed by atoms with Gasteiger partial charge in [0.25, 0.3) is 0 Å². The van der Waals surface area contributed by atoms with Crippen LogP contribution < -0.4 is 5.32 Å². The topological polar surface area (TPSA) is 88.4 Å². The van der Waals surface area contributed by atoms with Crippen molar-refractivity contribution in [2.45, 2.75) is 45.3 Å². The lowest BCUT2D eigenvalue weighted by molar-refractivity contribution is -0.232. The minimum atomic E-state index is -5.22. The van der Waals surface area contributed by atoms with Crippen molar-refractivity contribution in [3.8, 4) is 6.07 Å². The molecule has 1 aliphatic heterocycles. The molecule has 164 valence electrons.